The highest BCUT2D eigenvalue weighted by atomic mass is 32.2. The van der Waals surface area contributed by atoms with E-state index < -0.39 is 23.2 Å². The fourth-order valence-corrected chi connectivity index (χ4v) is 4.67. The normalized spacial score (nSPS) is 14.4. The maximum Gasteiger partial charge on any atom is 0.387 e. The monoisotopic (exact) mass is 475 g/mol. The molecular weight excluding hydrogens is 455 g/mol. The first-order valence-corrected chi connectivity index (χ1v) is 11.6. The summed E-state index contributed by atoms with van der Waals surface area (Å²) in [7, 11) is 0.773. The molecule has 0 unspecified atom stereocenters. The van der Waals surface area contributed by atoms with Crippen molar-refractivity contribution in [2.45, 2.75) is 6.61 Å². The summed E-state index contributed by atoms with van der Waals surface area (Å²) in [6.45, 7) is -1.98. The molecule has 33 heavy (non-hydrogen) atoms. The first kappa shape index (κ1) is 22.7. The van der Waals surface area contributed by atoms with Gasteiger partial charge in [-0.2, -0.15) is 14.0 Å². The zero-order valence-electron chi connectivity index (χ0n) is 17.6. The second kappa shape index (κ2) is 9.54. The average molecular weight is 475 g/mol. The van der Waals surface area contributed by atoms with Crippen LogP contribution in [0.1, 0.15) is 5.56 Å². The molecule has 7 nitrogen and oxygen atoms in total. The summed E-state index contributed by atoms with van der Waals surface area (Å²) >= 11 is 0. The van der Waals surface area contributed by atoms with E-state index in [1.165, 1.54) is 22.9 Å². The Morgan fingerprint density at radius 3 is 2.58 bits per heavy atom. The van der Waals surface area contributed by atoms with Gasteiger partial charge in [0.15, 0.2) is 5.75 Å². The van der Waals surface area contributed by atoms with Crippen LogP contribution in [-0.2, 0) is 10.8 Å². The molecule has 0 bridgehead atoms. The van der Waals surface area contributed by atoms with Gasteiger partial charge in [-0.3, -0.25) is 4.21 Å². The van der Waals surface area contributed by atoms with Gasteiger partial charge in [0.2, 0.25) is 0 Å². The molecule has 0 radical (unpaired) electrons. The standard InChI is InChI=1S/C22H20F3N5O2S/c1-27-21-12-19(14-2-3-15(13-26)17(23)10-14)30(28-21)18-5-4-16(11-20(18)32-22(24)25)29-6-8-33(31)9-7-29/h2-5,10-12,22H,6-9H2,1H3,(H,27,28). The quantitative estimate of drug-likeness (QED) is 0.585. The van der Waals surface area contributed by atoms with Crippen LogP contribution < -0.4 is 15.0 Å². The lowest BCUT2D eigenvalue weighted by atomic mass is 10.1. The second-order valence-electron chi connectivity index (χ2n) is 7.25. The number of hydrogen-bond donors (Lipinski definition) is 1. The molecule has 0 saturated carbocycles. The highest BCUT2D eigenvalue weighted by Crippen LogP contribution is 2.35. The summed E-state index contributed by atoms with van der Waals surface area (Å²) in [4.78, 5) is 1.96. The van der Waals surface area contributed by atoms with Crippen LogP contribution in [0.5, 0.6) is 5.75 Å². The zero-order chi connectivity index (χ0) is 23.5. The van der Waals surface area contributed by atoms with E-state index in [4.69, 9.17) is 10.00 Å². The maximum atomic E-state index is 14.3. The predicted molar refractivity (Wildman–Crippen MR) is 120 cm³/mol. The van der Waals surface area contributed by atoms with E-state index in [9.17, 15) is 17.4 Å². The van der Waals surface area contributed by atoms with Crippen LogP contribution >= 0.6 is 0 Å². The van der Waals surface area contributed by atoms with Crippen molar-refractivity contribution >= 4 is 22.3 Å². The van der Waals surface area contributed by atoms with Crippen molar-refractivity contribution in [3.05, 3.63) is 53.8 Å². The third-order valence-electron chi connectivity index (χ3n) is 5.28. The summed E-state index contributed by atoms with van der Waals surface area (Å²) in [6, 6.07) is 12.4. The van der Waals surface area contributed by atoms with Gasteiger partial charge in [-0.25, -0.2) is 9.07 Å². The molecule has 0 amide bonds. The summed E-state index contributed by atoms with van der Waals surface area (Å²) < 4.78 is 58.7. The fraction of sp³-hybridized carbons (Fsp3) is 0.273. The fourth-order valence-electron chi connectivity index (χ4n) is 3.62. The van der Waals surface area contributed by atoms with Gasteiger partial charge in [-0.15, -0.1) is 5.10 Å². The molecule has 2 heterocycles. The van der Waals surface area contributed by atoms with Crippen LogP contribution in [0.3, 0.4) is 0 Å². The number of aromatic nitrogens is 2. The molecule has 0 atom stereocenters. The smallest absolute Gasteiger partial charge is 0.387 e. The molecule has 1 N–H and O–H groups in total. The Bertz CT molecular complexity index is 1230. The van der Waals surface area contributed by atoms with Crippen LogP contribution in [-0.4, -0.2) is 52.2 Å². The Morgan fingerprint density at radius 1 is 1.18 bits per heavy atom. The molecule has 4 rings (SSSR count). The number of halogens is 3. The molecular formula is C22H20F3N5O2S. The molecule has 0 spiro atoms. The summed E-state index contributed by atoms with van der Waals surface area (Å²) in [5.41, 5.74) is 1.63. The van der Waals surface area contributed by atoms with E-state index in [0.717, 1.165) is 0 Å². The van der Waals surface area contributed by atoms with Crippen molar-refractivity contribution in [1.29, 1.82) is 5.26 Å². The molecule has 1 aliphatic heterocycles. The summed E-state index contributed by atoms with van der Waals surface area (Å²) in [6.07, 6.45) is 0. The van der Waals surface area contributed by atoms with Crippen molar-refractivity contribution in [3.63, 3.8) is 0 Å². The lowest BCUT2D eigenvalue weighted by Crippen LogP contribution is -2.37. The Balaban J connectivity index is 1.81. The van der Waals surface area contributed by atoms with Crippen LogP contribution in [0.2, 0.25) is 0 Å². The van der Waals surface area contributed by atoms with E-state index >= 15 is 0 Å². The molecule has 11 heteroatoms. The highest BCUT2D eigenvalue weighted by molar-refractivity contribution is 7.85. The second-order valence-corrected chi connectivity index (χ2v) is 8.94. The van der Waals surface area contributed by atoms with Gasteiger partial charge in [0.25, 0.3) is 0 Å². The number of hydrogen-bond acceptors (Lipinski definition) is 6. The van der Waals surface area contributed by atoms with Gasteiger partial charge in [-0.05, 0) is 24.3 Å². The number of rotatable bonds is 6. The molecule has 0 aliphatic carbocycles. The number of ether oxygens (including phenoxy) is 1. The van der Waals surface area contributed by atoms with Gasteiger partial charge in [-0.1, -0.05) is 6.07 Å². The van der Waals surface area contributed by atoms with Gasteiger partial charge in [0, 0.05) is 65.8 Å². The van der Waals surface area contributed by atoms with Crippen molar-refractivity contribution in [3.8, 4) is 28.8 Å². The minimum atomic E-state index is -3.07. The minimum Gasteiger partial charge on any atom is -0.432 e. The highest BCUT2D eigenvalue weighted by Gasteiger charge is 2.21. The van der Waals surface area contributed by atoms with Gasteiger partial charge in [0.05, 0.1) is 11.3 Å². The van der Waals surface area contributed by atoms with Crippen molar-refractivity contribution in [1.82, 2.24) is 9.78 Å². The summed E-state index contributed by atoms with van der Waals surface area (Å²) in [5.74, 6) is 0.643. The zero-order valence-corrected chi connectivity index (χ0v) is 18.4. The Hall–Kier alpha value is -3.52. The number of alkyl halides is 2. The van der Waals surface area contributed by atoms with Crippen molar-refractivity contribution < 1.29 is 22.1 Å². The van der Waals surface area contributed by atoms with Crippen LogP contribution in [0, 0.1) is 17.1 Å². The van der Waals surface area contributed by atoms with E-state index in [-0.39, 0.29) is 17.0 Å². The van der Waals surface area contributed by atoms with Gasteiger partial charge < -0.3 is 15.0 Å². The summed E-state index contributed by atoms with van der Waals surface area (Å²) in [5, 5.41) is 16.3. The van der Waals surface area contributed by atoms with E-state index in [2.05, 4.69) is 10.4 Å². The SMILES string of the molecule is CNc1cc(-c2ccc(C#N)c(F)c2)n(-c2ccc(N3CCS(=O)CC3)cc2OC(F)F)n1. The maximum absolute atomic E-state index is 14.3. The third-order valence-corrected chi connectivity index (χ3v) is 6.56. The predicted octanol–water partition coefficient (Wildman–Crippen LogP) is 3.76. The molecule has 1 fully saturated rings. The molecule has 1 saturated heterocycles. The number of anilines is 2. The van der Waals surface area contributed by atoms with E-state index in [1.807, 2.05) is 4.90 Å². The van der Waals surface area contributed by atoms with Crippen molar-refractivity contribution in [2.24, 2.45) is 0 Å². The molecule has 3 aromatic rings. The first-order valence-electron chi connectivity index (χ1n) is 10.1. The van der Waals surface area contributed by atoms with E-state index in [1.54, 1.807) is 37.4 Å². The van der Waals surface area contributed by atoms with Gasteiger partial charge in [0.1, 0.15) is 23.4 Å². The van der Waals surface area contributed by atoms with Crippen LogP contribution in [0.4, 0.5) is 24.7 Å². The number of nitriles is 1. The van der Waals surface area contributed by atoms with E-state index in [0.29, 0.717) is 47.4 Å². The Morgan fingerprint density at radius 2 is 1.94 bits per heavy atom. The lowest BCUT2D eigenvalue weighted by molar-refractivity contribution is -0.0498. The molecule has 1 aromatic heterocycles. The molecule has 2 aromatic carbocycles. The Labute approximate surface area is 190 Å². The Kier molecular flexibility index (Phi) is 6.55. The van der Waals surface area contributed by atoms with Crippen LogP contribution in [0.25, 0.3) is 16.9 Å². The van der Waals surface area contributed by atoms with Gasteiger partial charge >= 0.3 is 6.61 Å². The molecule has 1 aliphatic rings. The number of nitrogens with zero attached hydrogens (tertiary/aromatic N) is 4. The largest absolute Gasteiger partial charge is 0.432 e. The molecule has 172 valence electrons. The lowest BCUT2D eigenvalue weighted by Gasteiger charge is -2.29. The number of benzene rings is 2. The first-order chi connectivity index (χ1) is 15.9. The van der Waals surface area contributed by atoms with Crippen molar-refractivity contribution in [2.75, 3.05) is 41.9 Å². The third kappa shape index (κ3) is 4.80. The average Bonchev–Trinajstić information content (AvgIpc) is 3.23. The minimum absolute atomic E-state index is 0.102. The number of nitrogens with one attached hydrogen (secondary N) is 1. The van der Waals surface area contributed by atoms with Crippen LogP contribution in [0.15, 0.2) is 42.5 Å². The topological polar surface area (TPSA) is 83.2 Å².